The molecule has 1 aromatic rings. The summed E-state index contributed by atoms with van der Waals surface area (Å²) in [6, 6.07) is 6.27. The first kappa shape index (κ1) is 15.5. The number of carbonyl (C=O) groups is 1. The van der Waals surface area contributed by atoms with Crippen molar-refractivity contribution in [3.8, 4) is 0 Å². The molecule has 0 spiro atoms. The van der Waals surface area contributed by atoms with Gasteiger partial charge in [-0.05, 0) is 48.9 Å². The maximum Gasteiger partial charge on any atom is 0.234 e. The van der Waals surface area contributed by atoms with E-state index >= 15 is 0 Å². The molecule has 1 saturated heterocycles. The van der Waals surface area contributed by atoms with E-state index in [9.17, 15) is 9.18 Å². The van der Waals surface area contributed by atoms with Crippen molar-refractivity contribution in [3.05, 3.63) is 35.6 Å². The Kier molecular flexibility index (Phi) is 5.08. The SMILES string of the molecule is O=C(CN1CC[C@@H]2CCCC[C@@H]2C1)NCc1ccc(F)cc1. The number of likely N-dealkylation sites (tertiary alicyclic amines) is 1. The summed E-state index contributed by atoms with van der Waals surface area (Å²) >= 11 is 0. The first-order valence-electron chi connectivity index (χ1n) is 8.44. The Labute approximate surface area is 131 Å². The van der Waals surface area contributed by atoms with Crippen molar-refractivity contribution in [2.24, 2.45) is 11.8 Å². The van der Waals surface area contributed by atoms with Gasteiger partial charge in [-0.25, -0.2) is 4.39 Å². The molecule has 2 fully saturated rings. The fourth-order valence-corrected chi connectivity index (χ4v) is 3.88. The quantitative estimate of drug-likeness (QED) is 0.927. The summed E-state index contributed by atoms with van der Waals surface area (Å²) in [7, 11) is 0. The highest BCUT2D eigenvalue weighted by atomic mass is 19.1. The first-order chi connectivity index (χ1) is 10.7. The molecule has 1 saturated carbocycles. The molecule has 2 atom stereocenters. The van der Waals surface area contributed by atoms with Crippen molar-refractivity contribution in [2.45, 2.75) is 38.6 Å². The van der Waals surface area contributed by atoms with Crippen LogP contribution in [0.2, 0.25) is 0 Å². The van der Waals surface area contributed by atoms with Gasteiger partial charge in [0.25, 0.3) is 0 Å². The normalized spacial score (nSPS) is 25.5. The molecule has 3 nitrogen and oxygen atoms in total. The lowest BCUT2D eigenvalue weighted by Crippen LogP contribution is -2.46. The molecule has 1 aliphatic carbocycles. The summed E-state index contributed by atoms with van der Waals surface area (Å²) in [6.45, 7) is 3.09. The third kappa shape index (κ3) is 4.07. The van der Waals surface area contributed by atoms with Crippen molar-refractivity contribution in [1.82, 2.24) is 10.2 Å². The summed E-state index contributed by atoms with van der Waals surface area (Å²) in [6.07, 6.45) is 6.70. The Morgan fingerprint density at radius 3 is 2.64 bits per heavy atom. The summed E-state index contributed by atoms with van der Waals surface area (Å²) in [5.74, 6) is 1.52. The molecule has 1 aromatic carbocycles. The number of hydrogen-bond acceptors (Lipinski definition) is 2. The number of halogens is 1. The number of amides is 1. The average molecular weight is 304 g/mol. The topological polar surface area (TPSA) is 32.3 Å². The van der Waals surface area contributed by atoms with Crippen LogP contribution in [0.4, 0.5) is 4.39 Å². The van der Waals surface area contributed by atoms with Crippen LogP contribution in [0.15, 0.2) is 24.3 Å². The minimum absolute atomic E-state index is 0.0681. The molecule has 22 heavy (non-hydrogen) atoms. The number of nitrogens with one attached hydrogen (secondary N) is 1. The van der Waals surface area contributed by atoms with E-state index < -0.39 is 0 Å². The molecule has 0 bridgehead atoms. The predicted octanol–water partition coefficient (Wildman–Crippen LogP) is 2.95. The second-order valence-corrected chi connectivity index (χ2v) is 6.73. The Morgan fingerprint density at radius 2 is 1.86 bits per heavy atom. The highest BCUT2D eigenvalue weighted by Crippen LogP contribution is 2.35. The van der Waals surface area contributed by atoms with Crippen LogP contribution in [0.1, 0.15) is 37.7 Å². The molecular formula is C18H25FN2O. The van der Waals surface area contributed by atoms with Gasteiger partial charge in [-0.15, -0.1) is 0 Å². The third-order valence-electron chi connectivity index (χ3n) is 5.15. The zero-order chi connectivity index (χ0) is 15.4. The number of piperidine rings is 1. The number of hydrogen-bond donors (Lipinski definition) is 1. The molecule has 1 amide bonds. The van der Waals surface area contributed by atoms with Crippen LogP contribution in [0.3, 0.4) is 0 Å². The van der Waals surface area contributed by atoms with Gasteiger partial charge in [-0.1, -0.05) is 31.4 Å². The highest BCUT2D eigenvalue weighted by molar-refractivity contribution is 5.78. The standard InChI is InChI=1S/C18H25FN2O/c19-17-7-5-14(6-8-17)11-20-18(22)13-21-10-9-15-3-1-2-4-16(15)12-21/h5-8,15-16H,1-4,9-13H2,(H,20,22)/t15-,16+/m0/s1. The minimum Gasteiger partial charge on any atom is -0.351 e. The Bertz CT molecular complexity index is 502. The zero-order valence-electron chi connectivity index (χ0n) is 13.1. The second kappa shape index (κ2) is 7.23. The van der Waals surface area contributed by atoms with Crippen LogP contribution in [0.25, 0.3) is 0 Å². The Hall–Kier alpha value is -1.42. The first-order valence-corrected chi connectivity index (χ1v) is 8.44. The molecule has 1 N–H and O–H groups in total. The van der Waals surface area contributed by atoms with Crippen LogP contribution in [0, 0.1) is 17.7 Å². The van der Waals surface area contributed by atoms with Gasteiger partial charge in [-0.3, -0.25) is 9.69 Å². The largest absolute Gasteiger partial charge is 0.351 e. The van der Waals surface area contributed by atoms with E-state index in [1.165, 1.54) is 44.2 Å². The van der Waals surface area contributed by atoms with Crippen LogP contribution >= 0.6 is 0 Å². The molecule has 3 rings (SSSR count). The van der Waals surface area contributed by atoms with Crippen molar-refractivity contribution in [2.75, 3.05) is 19.6 Å². The monoisotopic (exact) mass is 304 g/mol. The number of rotatable bonds is 4. The Morgan fingerprint density at radius 1 is 1.14 bits per heavy atom. The van der Waals surface area contributed by atoms with Gasteiger partial charge in [0.05, 0.1) is 6.54 Å². The molecule has 2 aliphatic rings. The molecule has 120 valence electrons. The average Bonchev–Trinajstić information content (AvgIpc) is 2.54. The van der Waals surface area contributed by atoms with E-state index in [4.69, 9.17) is 0 Å². The number of carbonyl (C=O) groups excluding carboxylic acids is 1. The molecule has 0 aromatic heterocycles. The van der Waals surface area contributed by atoms with Crippen molar-refractivity contribution in [1.29, 1.82) is 0 Å². The van der Waals surface area contributed by atoms with Crippen LogP contribution in [-0.4, -0.2) is 30.4 Å². The molecular weight excluding hydrogens is 279 g/mol. The number of benzene rings is 1. The van der Waals surface area contributed by atoms with Crippen molar-refractivity contribution in [3.63, 3.8) is 0 Å². The predicted molar refractivity (Wildman–Crippen MR) is 84.8 cm³/mol. The van der Waals surface area contributed by atoms with E-state index in [1.54, 1.807) is 12.1 Å². The van der Waals surface area contributed by atoms with Crippen molar-refractivity contribution >= 4 is 5.91 Å². The van der Waals surface area contributed by atoms with E-state index in [0.29, 0.717) is 13.1 Å². The van der Waals surface area contributed by atoms with E-state index in [-0.39, 0.29) is 11.7 Å². The maximum atomic E-state index is 12.8. The number of fused-ring (bicyclic) bond motifs is 1. The van der Waals surface area contributed by atoms with Crippen LogP contribution in [-0.2, 0) is 11.3 Å². The van der Waals surface area contributed by atoms with Gasteiger partial charge in [-0.2, -0.15) is 0 Å². The van der Waals surface area contributed by atoms with Gasteiger partial charge >= 0.3 is 0 Å². The summed E-state index contributed by atoms with van der Waals surface area (Å²) in [5, 5.41) is 2.93. The van der Waals surface area contributed by atoms with E-state index in [2.05, 4.69) is 10.2 Å². The fraction of sp³-hybridized carbons (Fsp3) is 0.611. The molecule has 1 aliphatic heterocycles. The zero-order valence-corrected chi connectivity index (χ0v) is 13.1. The second-order valence-electron chi connectivity index (χ2n) is 6.73. The highest BCUT2D eigenvalue weighted by Gasteiger charge is 2.31. The van der Waals surface area contributed by atoms with Crippen molar-refractivity contribution < 1.29 is 9.18 Å². The summed E-state index contributed by atoms with van der Waals surface area (Å²) < 4.78 is 12.8. The van der Waals surface area contributed by atoms with Gasteiger partial charge in [0, 0.05) is 13.1 Å². The lowest BCUT2D eigenvalue weighted by molar-refractivity contribution is -0.123. The van der Waals surface area contributed by atoms with E-state index in [0.717, 1.165) is 30.5 Å². The molecule has 0 unspecified atom stereocenters. The van der Waals surface area contributed by atoms with E-state index in [1.807, 2.05) is 0 Å². The molecule has 4 heteroatoms. The van der Waals surface area contributed by atoms with Gasteiger partial charge in [0.2, 0.25) is 5.91 Å². The lowest BCUT2D eigenvalue weighted by atomic mass is 9.75. The molecule has 1 heterocycles. The van der Waals surface area contributed by atoms with Gasteiger partial charge in [0.15, 0.2) is 0 Å². The number of nitrogens with zero attached hydrogens (tertiary/aromatic N) is 1. The third-order valence-corrected chi connectivity index (χ3v) is 5.15. The summed E-state index contributed by atoms with van der Waals surface area (Å²) in [5.41, 5.74) is 0.931. The maximum absolute atomic E-state index is 12.8. The minimum atomic E-state index is -0.245. The lowest BCUT2D eigenvalue weighted by Gasteiger charge is -2.41. The summed E-state index contributed by atoms with van der Waals surface area (Å²) in [4.78, 5) is 14.4. The van der Waals surface area contributed by atoms with Gasteiger partial charge in [0.1, 0.15) is 5.82 Å². The van der Waals surface area contributed by atoms with Crippen LogP contribution in [0.5, 0.6) is 0 Å². The molecule has 0 radical (unpaired) electrons. The fourth-order valence-electron chi connectivity index (χ4n) is 3.88. The Balaban J connectivity index is 1.42. The smallest absolute Gasteiger partial charge is 0.234 e. The van der Waals surface area contributed by atoms with Gasteiger partial charge < -0.3 is 5.32 Å². The van der Waals surface area contributed by atoms with Crippen LogP contribution < -0.4 is 5.32 Å².